The molecule has 3 rings (SSSR count). The summed E-state index contributed by atoms with van der Waals surface area (Å²) in [5, 5.41) is 0. The van der Waals surface area contributed by atoms with Crippen molar-refractivity contribution in [1.82, 2.24) is 4.90 Å². The van der Waals surface area contributed by atoms with E-state index in [-0.39, 0.29) is 19.1 Å². The van der Waals surface area contributed by atoms with Crippen LogP contribution in [-0.2, 0) is 20.9 Å². The van der Waals surface area contributed by atoms with Crippen LogP contribution in [-0.4, -0.2) is 70.5 Å². The van der Waals surface area contributed by atoms with Crippen LogP contribution >= 0.6 is 0 Å². The average molecular weight is 459 g/mol. The normalized spacial score (nSPS) is 13.2. The Bertz CT molecular complexity index is 955. The number of para-hydroxylation sites is 1. The molecule has 1 amide bonds. The second-order valence-corrected chi connectivity index (χ2v) is 7.11. The number of carbonyl (C=O) groups is 2. The van der Waals surface area contributed by atoms with E-state index in [2.05, 4.69) is 0 Å². The summed E-state index contributed by atoms with van der Waals surface area (Å²) < 4.78 is 32.7. The summed E-state index contributed by atoms with van der Waals surface area (Å²) in [6.45, 7) is 4.21. The summed E-state index contributed by atoms with van der Waals surface area (Å²) in [5.41, 5.74) is 0.976. The van der Waals surface area contributed by atoms with Crippen molar-refractivity contribution in [2.75, 3.05) is 53.7 Å². The molecular weight excluding hydrogens is 430 g/mol. The maximum atomic E-state index is 12.6. The molecule has 0 atom stereocenters. The Kier molecular flexibility index (Phi) is 8.77. The van der Waals surface area contributed by atoms with Gasteiger partial charge in [-0.05, 0) is 31.2 Å². The van der Waals surface area contributed by atoms with E-state index in [0.717, 1.165) is 0 Å². The minimum atomic E-state index is -0.531. The summed E-state index contributed by atoms with van der Waals surface area (Å²) >= 11 is 0. The van der Waals surface area contributed by atoms with Crippen molar-refractivity contribution in [1.29, 1.82) is 0 Å². The van der Waals surface area contributed by atoms with Crippen molar-refractivity contribution in [2.45, 2.75) is 13.5 Å². The number of amides is 1. The third-order valence-corrected chi connectivity index (χ3v) is 5.04. The lowest BCUT2D eigenvalue weighted by Gasteiger charge is -2.26. The fourth-order valence-corrected chi connectivity index (χ4v) is 3.36. The minimum absolute atomic E-state index is 0.00940. The Labute approximate surface area is 193 Å². The molecule has 0 aromatic heterocycles. The van der Waals surface area contributed by atoms with Crippen LogP contribution in [0, 0.1) is 0 Å². The lowest BCUT2D eigenvalue weighted by atomic mass is 10.2. The van der Waals surface area contributed by atoms with Crippen LogP contribution in [0.4, 0.5) is 0 Å². The zero-order valence-corrected chi connectivity index (χ0v) is 19.1. The van der Waals surface area contributed by atoms with Gasteiger partial charge in [-0.15, -0.1) is 0 Å². The van der Waals surface area contributed by atoms with Crippen LogP contribution in [0.2, 0.25) is 0 Å². The molecule has 0 radical (unpaired) electrons. The number of rotatable bonds is 10. The van der Waals surface area contributed by atoms with Gasteiger partial charge in [-0.25, -0.2) is 4.79 Å². The van der Waals surface area contributed by atoms with Crippen molar-refractivity contribution in [2.24, 2.45) is 0 Å². The van der Waals surface area contributed by atoms with Gasteiger partial charge < -0.3 is 33.3 Å². The van der Waals surface area contributed by atoms with E-state index in [1.807, 2.05) is 6.92 Å². The molecule has 0 saturated carbocycles. The second kappa shape index (κ2) is 12.0. The fraction of sp³-hybridized carbons (Fsp3) is 0.417. The number of ether oxygens (including phenoxy) is 6. The monoisotopic (exact) mass is 459 g/mol. The first-order valence-electron chi connectivity index (χ1n) is 10.7. The third kappa shape index (κ3) is 6.29. The number of benzene rings is 2. The average Bonchev–Trinajstić information content (AvgIpc) is 2.86. The van der Waals surface area contributed by atoms with Crippen molar-refractivity contribution < 1.29 is 38.0 Å². The van der Waals surface area contributed by atoms with E-state index in [9.17, 15) is 9.59 Å². The van der Waals surface area contributed by atoms with Gasteiger partial charge in [-0.3, -0.25) is 4.79 Å². The SMILES string of the molecule is CCOc1cc(C(=O)OCc2cccc(OC)c2OC)ccc1OCC(=O)N1CCOCC1. The molecule has 1 saturated heterocycles. The Balaban J connectivity index is 1.65. The summed E-state index contributed by atoms with van der Waals surface area (Å²) in [4.78, 5) is 26.7. The highest BCUT2D eigenvalue weighted by atomic mass is 16.5. The lowest BCUT2D eigenvalue weighted by molar-refractivity contribution is -0.137. The molecule has 1 fully saturated rings. The summed E-state index contributed by atoms with van der Waals surface area (Å²) in [7, 11) is 3.07. The van der Waals surface area contributed by atoms with Gasteiger partial charge >= 0.3 is 5.97 Å². The zero-order valence-electron chi connectivity index (χ0n) is 19.1. The van der Waals surface area contributed by atoms with Gasteiger partial charge in [0.25, 0.3) is 5.91 Å². The molecule has 2 aromatic carbocycles. The Hall–Kier alpha value is -3.46. The minimum Gasteiger partial charge on any atom is -0.493 e. The lowest BCUT2D eigenvalue weighted by Crippen LogP contribution is -2.43. The van der Waals surface area contributed by atoms with E-state index in [1.165, 1.54) is 7.11 Å². The van der Waals surface area contributed by atoms with Gasteiger partial charge in [0.15, 0.2) is 29.6 Å². The van der Waals surface area contributed by atoms with E-state index in [1.54, 1.807) is 48.4 Å². The van der Waals surface area contributed by atoms with E-state index >= 15 is 0 Å². The van der Waals surface area contributed by atoms with Gasteiger partial charge in [0.1, 0.15) is 6.61 Å². The second-order valence-electron chi connectivity index (χ2n) is 7.11. The van der Waals surface area contributed by atoms with Crippen molar-refractivity contribution >= 4 is 11.9 Å². The summed E-state index contributed by atoms with van der Waals surface area (Å²) in [6.07, 6.45) is 0. The van der Waals surface area contributed by atoms with E-state index < -0.39 is 5.97 Å². The topological polar surface area (TPSA) is 92.8 Å². The molecule has 2 aromatic rings. The number of hydrogen-bond donors (Lipinski definition) is 0. The molecule has 0 N–H and O–H groups in total. The molecule has 1 aliphatic heterocycles. The molecule has 1 aliphatic rings. The Morgan fingerprint density at radius 2 is 1.76 bits per heavy atom. The maximum Gasteiger partial charge on any atom is 0.338 e. The number of nitrogens with zero attached hydrogens (tertiary/aromatic N) is 1. The van der Waals surface area contributed by atoms with Crippen molar-refractivity contribution in [3.8, 4) is 23.0 Å². The molecule has 1 heterocycles. The van der Waals surface area contributed by atoms with Crippen LogP contribution in [0.25, 0.3) is 0 Å². The number of morpholine rings is 1. The van der Waals surface area contributed by atoms with Gasteiger partial charge in [0, 0.05) is 18.7 Å². The van der Waals surface area contributed by atoms with Crippen molar-refractivity contribution in [3.63, 3.8) is 0 Å². The smallest absolute Gasteiger partial charge is 0.338 e. The highest BCUT2D eigenvalue weighted by Gasteiger charge is 2.19. The predicted molar refractivity (Wildman–Crippen MR) is 119 cm³/mol. The summed E-state index contributed by atoms with van der Waals surface area (Å²) in [5.74, 6) is 1.15. The molecule has 178 valence electrons. The molecule has 0 bridgehead atoms. The molecule has 0 aliphatic carbocycles. The van der Waals surface area contributed by atoms with E-state index in [4.69, 9.17) is 28.4 Å². The van der Waals surface area contributed by atoms with Crippen LogP contribution in [0.3, 0.4) is 0 Å². The van der Waals surface area contributed by atoms with Crippen LogP contribution < -0.4 is 18.9 Å². The zero-order chi connectivity index (χ0) is 23.6. The molecule has 9 nitrogen and oxygen atoms in total. The Morgan fingerprint density at radius 1 is 0.970 bits per heavy atom. The largest absolute Gasteiger partial charge is 0.493 e. The van der Waals surface area contributed by atoms with Gasteiger partial charge in [-0.1, -0.05) is 12.1 Å². The number of carbonyl (C=O) groups excluding carboxylic acids is 2. The van der Waals surface area contributed by atoms with Crippen LogP contribution in [0.5, 0.6) is 23.0 Å². The van der Waals surface area contributed by atoms with Crippen LogP contribution in [0.15, 0.2) is 36.4 Å². The molecule has 33 heavy (non-hydrogen) atoms. The van der Waals surface area contributed by atoms with E-state index in [0.29, 0.717) is 67.0 Å². The number of methoxy groups -OCH3 is 2. The fourth-order valence-electron chi connectivity index (χ4n) is 3.36. The predicted octanol–water partition coefficient (Wildman–Crippen LogP) is 2.70. The maximum absolute atomic E-state index is 12.6. The highest BCUT2D eigenvalue weighted by molar-refractivity contribution is 5.90. The highest BCUT2D eigenvalue weighted by Crippen LogP contribution is 2.32. The molecule has 9 heteroatoms. The molecular formula is C24H29NO8. The quantitative estimate of drug-likeness (QED) is 0.501. The number of hydrogen-bond acceptors (Lipinski definition) is 8. The number of esters is 1. The van der Waals surface area contributed by atoms with Crippen LogP contribution in [0.1, 0.15) is 22.8 Å². The van der Waals surface area contributed by atoms with Crippen molar-refractivity contribution in [3.05, 3.63) is 47.5 Å². The summed E-state index contributed by atoms with van der Waals surface area (Å²) in [6, 6.07) is 10.1. The standard InChI is InChI=1S/C24H29NO8/c1-4-31-21-14-17(8-9-19(21)32-16-22(26)25-10-12-30-13-11-25)24(27)33-15-18-6-5-7-20(28-2)23(18)29-3/h5-9,14H,4,10-13,15-16H2,1-3H3. The molecule has 0 unspecified atom stereocenters. The first kappa shape index (κ1) is 24.2. The first-order valence-corrected chi connectivity index (χ1v) is 10.7. The Morgan fingerprint density at radius 3 is 2.45 bits per heavy atom. The third-order valence-electron chi connectivity index (χ3n) is 5.04. The first-order chi connectivity index (χ1) is 16.1. The van der Waals surface area contributed by atoms with Gasteiger partial charge in [0.2, 0.25) is 0 Å². The molecule has 0 spiro atoms. The van der Waals surface area contributed by atoms with Gasteiger partial charge in [-0.2, -0.15) is 0 Å². The van der Waals surface area contributed by atoms with Gasteiger partial charge in [0.05, 0.1) is 39.6 Å².